The van der Waals surface area contributed by atoms with Crippen LogP contribution < -0.4 is 15.4 Å². The van der Waals surface area contributed by atoms with Crippen molar-refractivity contribution >= 4 is 17.5 Å². The molecule has 0 aliphatic carbocycles. The number of oxazole rings is 1. The Bertz CT molecular complexity index is 1200. The Balaban J connectivity index is 1.25. The summed E-state index contributed by atoms with van der Waals surface area (Å²) in [5.41, 5.74) is 1.94. The molecule has 4 rings (SSSR count). The van der Waals surface area contributed by atoms with Crippen molar-refractivity contribution in [2.75, 3.05) is 51.7 Å². The van der Waals surface area contributed by atoms with Gasteiger partial charge in [0.2, 0.25) is 0 Å². The van der Waals surface area contributed by atoms with Gasteiger partial charge < -0.3 is 24.7 Å². The quantitative estimate of drug-likeness (QED) is 0.417. The summed E-state index contributed by atoms with van der Waals surface area (Å²) in [6.45, 7) is 11.6. The number of benzene rings is 2. The maximum atomic E-state index is 12.7. The topological polar surface area (TPSA) is 99.9 Å². The van der Waals surface area contributed by atoms with Gasteiger partial charge in [0, 0.05) is 56.6 Å². The van der Waals surface area contributed by atoms with E-state index < -0.39 is 17.4 Å². The van der Waals surface area contributed by atoms with Crippen molar-refractivity contribution in [3.05, 3.63) is 66.7 Å². The molecule has 9 nitrogen and oxygen atoms in total. The first kappa shape index (κ1) is 27.3. The van der Waals surface area contributed by atoms with E-state index in [-0.39, 0.29) is 0 Å². The highest BCUT2D eigenvalue weighted by atomic mass is 16.5. The molecule has 2 aromatic carbocycles. The lowest BCUT2D eigenvalue weighted by molar-refractivity contribution is -0.137. The highest BCUT2D eigenvalue weighted by Crippen LogP contribution is 2.32. The largest absolute Gasteiger partial charge is 0.496 e. The minimum Gasteiger partial charge on any atom is -0.496 e. The Morgan fingerprint density at radius 3 is 2.42 bits per heavy atom. The number of hydrogen-bond acceptors (Lipinski definition) is 7. The Hall–Kier alpha value is -3.69. The van der Waals surface area contributed by atoms with Gasteiger partial charge in [0.25, 0.3) is 0 Å². The van der Waals surface area contributed by atoms with Crippen molar-refractivity contribution in [2.24, 2.45) is 0 Å². The molecule has 0 radical (unpaired) electrons. The van der Waals surface area contributed by atoms with Crippen LogP contribution in [0.15, 0.2) is 65.5 Å². The number of amides is 2. The molecule has 1 aliphatic rings. The van der Waals surface area contributed by atoms with Crippen molar-refractivity contribution in [3.8, 4) is 17.1 Å². The smallest absolute Gasteiger partial charge is 0.313 e. The van der Waals surface area contributed by atoms with E-state index in [4.69, 9.17) is 9.15 Å². The summed E-state index contributed by atoms with van der Waals surface area (Å²) in [6, 6.07) is 15.7. The molecule has 0 saturated carbocycles. The zero-order valence-electron chi connectivity index (χ0n) is 22.6. The second-order valence-corrected chi connectivity index (χ2v) is 10.5. The minimum atomic E-state index is -0.729. The number of nitrogens with zero attached hydrogens (tertiary/aromatic N) is 3. The van der Waals surface area contributed by atoms with Gasteiger partial charge in [0.05, 0.1) is 18.9 Å². The van der Waals surface area contributed by atoms with Crippen LogP contribution in [0.2, 0.25) is 0 Å². The van der Waals surface area contributed by atoms with Crippen LogP contribution in [-0.2, 0) is 9.59 Å². The third kappa shape index (κ3) is 7.20. The summed E-state index contributed by atoms with van der Waals surface area (Å²) in [5, 5.41) is 5.55. The van der Waals surface area contributed by atoms with Crippen molar-refractivity contribution in [2.45, 2.75) is 32.2 Å². The molecule has 2 N–H and O–H groups in total. The molecule has 38 heavy (non-hydrogen) atoms. The molecule has 1 atom stereocenters. The molecule has 1 aromatic heterocycles. The predicted molar refractivity (Wildman–Crippen MR) is 147 cm³/mol. The van der Waals surface area contributed by atoms with E-state index in [9.17, 15) is 9.59 Å². The van der Waals surface area contributed by atoms with Crippen molar-refractivity contribution in [1.29, 1.82) is 0 Å². The summed E-state index contributed by atoms with van der Waals surface area (Å²) >= 11 is 0. The van der Waals surface area contributed by atoms with Gasteiger partial charge in [-0.25, -0.2) is 4.98 Å². The molecule has 2 heterocycles. The van der Waals surface area contributed by atoms with Crippen molar-refractivity contribution < 1.29 is 18.7 Å². The third-order valence-corrected chi connectivity index (χ3v) is 6.80. The highest BCUT2D eigenvalue weighted by Gasteiger charge is 2.29. The number of hydrogen-bond donors (Lipinski definition) is 2. The maximum Gasteiger partial charge on any atom is 0.313 e. The number of methoxy groups -OCH3 is 1. The summed E-state index contributed by atoms with van der Waals surface area (Å²) in [4.78, 5) is 34.1. The van der Waals surface area contributed by atoms with Crippen LogP contribution in [0.4, 0.5) is 5.69 Å². The number of anilines is 1. The van der Waals surface area contributed by atoms with E-state index >= 15 is 0 Å². The average molecular weight is 520 g/mol. The highest BCUT2D eigenvalue weighted by molar-refractivity contribution is 6.39. The van der Waals surface area contributed by atoms with Gasteiger partial charge >= 0.3 is 11.8 Å². The normalized spacial score (nSPS) is 15.6. The zero-order valence-corrected chi connectivity index (χ0v) is 22.6. The van der Waals surface area contributed by atoms with E-state index in [1.807, 2.05) is 13.8 Å². The molecule has 0 spiro atoms. The van der Waals surface area contributed by atoms with Crippen LogP contribution in [0.5, 0.6) is 5.75 Å². The average Bonchev–Trinajstić information content (AvgIpc) is 3.44. The van der Waals surface area contributed by atoms with Gasteiger partial charge in [0.15, 0.2) is 12.2 Å². The second kappa shape index (κ2) is 12.2. The first-order valence-corrected chi connectivity index (χ1v) is 12.9. The standard InChI is InChI=1S/C29H37N5O4/c1-21(22-8-6-5-7-9-22)18-33-12-14-34(15-13-33)19-29(2,3)32-28(36)27(35)31-23-10-11-24(25(16-23)37-4)26-17-30-20-38-26/h5-11,16-17,20-21H,12-15,18-19H2,1-4H3,(H,31,35)(H,32,36). The monoisotopic (exact) mass is 519 g/mol. The summed E-state index contributed by atoms with van der Waals surface area (Å²) < 4.78 is 10.7. The molecule has 3 aromatic rings. The van der Waals surface area contributed by atoms with Crippen molar-refractivity contribution in [1.82, 2.24) is 20.1 Å². The first-order chi connectivity index (χ1) is 18.2. The van der Waals surface area contributed by atoms with E-state index in [0.717, 1.165) is 32.7 Å². The molecule has 1 aliphatic heterocycles. The number of piperazine rings is 1. The van der Waals surface area contributed by atoms with E-state index in [1.54, 1.807) is 24.4 Å². The van der Waals surface area contributed by atoms with Gasteiger partial charge in [-0.05, 0) is 37.5 Å². The summed E-state index contributed by atoms with van der Waals surface area (Å²) in [6.07, 6.45) is 2.92. The van der Waals surface area contributed by atoms with Crippen LogP contribution in [0.3, 0.4) is 0 Å². The fraction of sp³-hybridized carbons (Fsp3) is 0.414. The van der Waals surface area contributed by atoms with Crippen LogP contribution in [-0.4, -0.2) is 78.5 Å². The Morgan fingerprint density at radius 2 is 1.76 bits per heavy atom. The number of carbonyl (C=O) groups is 2. The molecule has 1 fully saturated rings. The molecule has 1 saturated heterocycles. The second-order valence-electron chi connectivity index (χ2n) is 10.5. The number of carbonyl (C=O) groups excluding carboxylic acids is 2. The lowest BCUT2D eigenvalue weighted by atomic mass is 10.00. The fourth-order valence-electron chi connectivity index (χ4n) is 4.88. The van der Waals surface area contributed by atoms with Crippen LogP contribution in [0.1, 0.15) is 32.3 Å². The van der Waals surface area contributed by atoms with Gasteiger partial charge in [-0.3, -0.25) is 14.5 Å². The molecule has 1 unspecified atom stereocenters. The van der Waals surface area contributed by atoms with Crippen LogP contribution >= 0.6 is 0 Å². The first-order valence-electron chi connectivity index (χ1n) is 12.9. The number of aromatic nitrogens is 1. The molecule has 2 amide bonds. The number of ether oxygens (including phenoxy) is 1. The fourth-order valence-corrected chi connectivity index (χ4v) is 4.88. The van der Waals surface area contributed by atoms with E-state index in [2.05, 4.69) is 62.7 Å². The predicted octanol–water partition coefficient (Wildman–Crippen LogP) is 3.60. The Labute approximate surface area is 224 Å². The number of nitrogens with one attached hydrogen (secondary N) is 2. The Kier molecular flexibility index (Phi) is 8.81. The van der Waals surface area contributed by atoms with E-state index in [1.165, 1.54) is 19.1 Å². The molecular formula is C29H37N5O4. The van der Waals surface area contributed by atoms with Crippen LogP contribution in [0, 0.1) is 0 Å². The Morgan fingerprint density at radius 1 is 1.05 bits per heavy atom. The number of rotatable bonds is 9. The SMILES string of the molecule is COc1cc(NC(=O)C(=O)NC(C)(C)CN2CCN(CC(C)c3ccccc3)CC2)ccc1-c1cnco1. The van der Waals surface area contributed by atoms with Gasteiger partial charge in [-0.2, -0.15) is 0 Å². The summed E-state index contributed by atoms with van der Waals surface area (Å²) in [7, 11) is 1.53. The lowest BCUT2D eigenvalue weighted by Gasteiger charge is -2.39. The molecule has 202 valence electrons. The maximum absolute atomic E-state index is 12.7. The molecule has 0 bridgehead atoms. The van der Waals surface area contributed by atoms with Crippen molar-refractivity contribution in [3.63, 3.8) is 0 Å². The third-order valence-electron chi connectivity index (χ3n) is 6.80. The van der Waals surface area contributed by atoms with Gasteiger partial charge in [-0.15, -0.1) is 0 Å². The minimum absolute atomic E-state index is 0.448. The van der Waals surface area contributed by atoms with Crippen LogP contribution in [0.25, 0.3) is 11.3 Å². The van der Waals surface area contributed by atoms with Gasteiger partial charge in [-0.1, -0.05) is 37.3 Å². The zero-order chi connectivity index (χ0) is 27.1. The molecule has 9 heteroatoms. The lowest BCUT2D eigenvalue weighted by Crippen LogP contribution is -2.57. The van der Waals surface area contributed by atoms with E-state index in [0.29, 0.717) is 35.2 Å². The van der Waals surface area contributed by atoms with Gasteiger partial charge in [0.1, 0.15) is 5.75 Å². The molecular weight excluding hydrogens is 482 g/mol. The summed E-state index contributed by atoms with van der Waals surface area (Å²) in [5.74, 6) is 0.120.